The van der Waals surface area contributed by atoms with E-state index in [1.807, 2.05) is 36.4 Å². The third-order valence-corrected chi connectivity index (χ3v) is 5.54. The molecule has 0 fully saturated rings. The number of pyridine rings is 2. The average molecular weight is 475 g/mol. The minimum atomic E-state index is -0.499. The van der Waals surface area contributed by atoms with Crippen molar-refractivity contribution in [1.82, 2.24) is 30.4 Å². The molecule has 5 rings (SSSR count). The van der Waals surface area contributed by atoms with Gasteiger partial charge in [-0.2, -0.15) is 0 Å². The summed E-state index contributed by atoms with van der Waals surface area (Å²) in [5.74, 6) is -0.499. The summed E-state index contributed by atoms with van der Waals surface area (Å²) in [5, 5.41) is 18.6. The molecular weight excluding hydrogens is 456 g/mol. The Morgan fingerprint density at radius 2 is 1.97 bits per heavy atom. The van der Waals surface area contributed by atoms with Gasteiger partial charge in [-0.1, -0.05) is 35.0 Å². The fourth-order valence-corrected chi connectivity index (χ4v) is 3.86. The molecule has 0 aliphatic heterocycles. The second-order valence-corrected chi connectivity index (χ2v) is 7.92. The van der Waals surface area contributed by atoms with Crippen LogP contribution in [-0.2, 0) is 11.4 Å². The molecule has 0 aliphatic carbocycles. The van der Waals surface area contributed by atoms with Gasteiger partial charge in [-0.05, 0) is 48.0 Å². The number of amides is 1. The van der Waals surface area contributed by atoms with E-state index in [4.69, 9.17) is 26.5 Å². The molecule has 2 N–H and O–H groups in total. The third-order valence-electron chi connectivity index (χ3n) is 5.23. The summed E-state index contributed by atoms with van der Waals surface area (Å²) in [6, 6.07) is 18.7. The predicted octanol–water partition coefficient (Wildman–Crippen LogP) is 3.40. The maximum absolute atomic E-state index is 12.2. The first-order valence-corrected chi connectivity index (χ1v) is 10.9. The van der Waals surface area contributed by atoms with Gasteiger partial charge in [0.15, 0.2) is 5.65 Å². The highest BCUT2D eigenvalue weighted by molar-refractivity contribution is 6.34. The van der Waals surface area contributed by atoms with Gasteiger partial charge in [-0.15, -0.1) is 5.10 Å². The molecule has 34 heavy (non-hydrogen) atoms. The first kappa shape index (κ1) is 21.9. The Hall–Kier alpha value is -3.92. The van der Waals surface area contributed by atoms with Crippen LogP contribution in [0.25, 0.3) is 33.3 Å². The van der Waals surface area contributed by atoms with Crippen LogP contribution in [0.2, 0.25) is 5.02 Å². The number of halogens is 1. The number of aliphatic hydroxyl groups excluding tert-OH is 1. The van der Waals surface area contributed by atoms with Crippen LogP contribution in [0, 0.1) is 0 Å². The molecule has 170 valence electrons. The number of rotatable bonds is 7. The van der Waals surface area contributed by atoms with E-state index in [0.717, 1.165) is 22.0 Å². The Kier molecular flexibility index (Phi) is 6.13. The molecule has 9 nitrogen and oxygen atoms in total. The van der Waals surface area contributed by atoms with Gasteiger partial charge in [0.2, 0.25) is 0 Å². The lowest BCUT2D eigenvalue weighted by atomic mass is 10.1. The first-order valence-electron chi connectivity index (χ1n) is 10.5. The van der Waals surface area contributed by atoms with E-state index in [0.29, 0.717) is 23.4 Å². The quantitative estimate of drug-likeness (QED) is 0.274. The zero-order valence-corrected chi connectivity index (χ0v) is 18.6. The largest absolute Gasteiger partial charge is 0.394 e. The summed E-state index contributed by atoms with van der Waals surface area (Å²) in [6.45, 7) is 0.291. The van der Waals surface area contributed by atoms with Gasteiger partial charge in [-0.3, -0.25) is 14.6 Å². The smallest absolute Gasteiger partial charge is 0.276 e. The van der Waals surface area contributed by atoms with Gasteiger partial charge in [0.05, 0.1) is 41.6 Å². The number of aromatic nitrogens is 5. The summed E-state index contributed by atoms with van der Waals surface area (Å²) in [4.78, 5) is 26.2. The lowest BCUT2D eigenvalue weighted by Gasteiger charge is -2.08. The Balaban J connectivity index is 1.42. The van der Waals surface area contributed by atoms with Gasteiger partial charge in [0.25, 0.3) is 5.91 Å². The zero-order chi connectivity index (χ0) is 23.5. The zero-order valence-electron chi connectivity index (χ0n) is 17.8. The van der Waals surface area contributed by atoms with Crippen LogP contribution in [0.5, 0.6) is 0 Å². The summed E-state index contributed by atoms with van der Waals surface area (Å²) in [6.07, 6.45) is 1.77. The van der Waals surface area contributed by atoms with E-state index in [1.54, 1.807) is 29.1 Å². The van der Waals surface area contributed by atoms with Crippen LogP contribution in [0.1, 0.15) is 15.9 Å². The number of fused-ring (bicyclic) bond motifs is 2. The second-order valence-electron chi connectivity index (χ2n) is 7.51. The van der Waals surface area contributed by atoms with E-state index in [1.165, 1.54) is 0 Å². The molecule has 0 atom stereocenters. The molecule has 0 radical (unpaired) electrons. The van der Waals surface area contributed by atoms with Crippen molar-refractivity contribution < 1.29 is 14.7 Å². The standard InChI is InChI=1S/C24H19ClN6O3/c25-19-13-17(4-5-18(19)24(33)29-34-11-10-32)21-7-8-22-23(27-21)31(30-28-22)14-15-3-6-20-16(12-15)2-1-9-26-20/h1-9,12-13,32H,10-11,14H2,(H,29,33). The van der Waals surface area contributed by atoms with Crippen molar-refractivity contribution in [1.29, 1.82) is 0 Å². The Morgan fingerprint density at radius 3 is 2.82 bits per heavy atom. The fourth-order valence-electron chi connectivity index (χ4n) is 3.59. The Labute approximate surface area is 198 Å². The Bertz CT molecular complexity index is 1500. The van der Waals surface area contributed by atoms with Crippen LogP contribution in [0.3, 0.4) is 0 Å². The highest BCUT2D eigenvalue weighted by Gasteiger charge is 2.14. The number of hydrogen-bond donors (Lipinski definition) is 2. The Morgan fingerprint density at radius 1 is 1.09 bits per heavy atom. The van der Waals surface area contributed by atoms with Crippen LogP contribution in [-0.4, -0.2) is 49.2 Å². The van der Waals surface area contributed by atoms with Crippen molar-refractivity contribution in [3.05, 3.63) is 83.0 Å². The van der Waals surface area contributed by atoms with Crippen molar-refractivity contribution >= 4 is 39.6 Å². The highest BCUT2D eigenvalue weighted by atomic mass is 35.5. The lowest BCUT2D eigenvalue weighted by molar-refractivity contribution is 0.0168. The van der Waals surface area contributed by atoms with E-state index in [9.17, 15) is 4.79 Å². The normalized spacial score (nSPS) is 11.2. The SMILES string of the molecule is O=C(NOCCO)c1ccc(-c2ccc3nnn(Cc4ccc5ncccc5c4)c3n2)cc1Cl. The average Bonchev–Trinajstić information content (AvgIpc) is 3.26. The third kappa shape index (κ3) is 4.44. The number of hydrogen-bond acceptors (Lipinski definition) is 7. The fraction of sp³-hybridized carbons (Fsp3) is 0.125. The lowest BCUT2D eigenvalue weighted by Crippen LogP contribution is -2.25. The molecule has 0 aliphatic rings. The number of hydroxylamine groups is 1. The van der Waals surface area contributed by atoms with Crippen molar-refractivity contribution in [3.63, 3.8) is 0 Å². The van der Waals surface area contributed by atoms with Gasteiger partial charge in [0, 0.05) is 17.1 Å². The molecule has 0 unspecified atom stereocenters. The van der Waals surface area contributed by atoms with Gasteiger partial charge >= 0.3 is 0 Å². The summed E-state index contributed by atoms with van der Waals surface area (Å²) in [5.41, 5.74) is 7.21. The van der Waals surface area contributed by atoms with Crippen LogP contribution in [0.4, 0.5) is 0 Å². The number of carbonyl (C=O) groups excluding carboxylic acids is 1. The van der Waals surface area contributed by atoms with Crippen LogP contribution in [0.15, 0.2) is 66.9 Å². The van der Waals surface area contributed by atoms with Crippen molar-refractivity contribution in [2.45, 2.75) is 6.54 Å². The highest BCUT2D eigenvalue weighted by Crippen LogP contribution is 2.26. The van der Waals surface area contributed by atoms with E-state index >= 15 is 0 Å². The van der Waals surface area contributed by atoms with Crippen LogP contribution >= 0.6 is 11.6 Å². The molecule has 3 aromatic heterocycles. The van der Waals surface area contributed by atoms with Gasteiger partial charge in [-0.25, -0.2) is 15.1 Å². The van der Waals surface area contributed by atoms with Crippen molar-refractivity contribution in [3.8, 4) is 11.3 Å². The molecule has 0 spiro atoms. The molecule has 3 heterocycles. The molecular formula is C24H19ClN6O3. The van der Waals surface area contributed by atoms with E-state index < -0.39 is 5.91 Å². The minimum Gasteiger partial charge on any atom is -0.394 e. The number of nitrogens with zero attached hydrogens (tertiary/aromatic N) is 5. The molecule has 5 aromatic rings. The van der Waals surface area contributed by atoms with Gasteiger partial charge in [0.1, 0.15) is 5.52 Å². The summed E-state index contributed by atoms with van der Waals surface area (Å²) in [7, 11) is 0. The molecule has 1 amide bonds. The molecule has 0 saturated carbocycles. The first-order chi connectivity index (χ1) is 16.6. The number of aliphatic hydroxyl groups is 1. The molecule has 2 aromatic carbocycles. The van der Waals surface area contributed by atoms with Crippen molar-refractivity contribution in [2.75, 3.05) is 13.2 Å². The number of nitrogens with one attached hydrogen (secondary N) is 1. The minimum absolute atomic E-state index is 0.0107. The molecule has 10 heteroatoms. The number of benzene rings is 2. The summed E-state index contributed by atoms with van der Waals surface area (Å²) >= 11 is 6.34. The van der Waals surface area contributed by atoms with Crippen molar-refractivity contribution in [2.24, 2.45) is 0 Å². The monoisotopic (exact) mass is 474 g/mol. The topological polar surface area (TPSA) is 115 Å². The predicted molar refractivity (Wildman–Crippen MR) is 127 cm³/mol. The van der Waals surface area contributed by atoms with E-state index in [2.05, 4.69) is 26.8 Å². The van der Waals surface area contributed by atoms with E-state index in [-0.39, 0.29) is 23.8 Å². The summed E-state index contributed by atoms with van der Waals surface area (Å²) < 4.78 is 1.75. The maximum Gasteiger partial charge on any atom is 0.276 e. The van der Waals surface area contributed by atoms with Gasteiger partial charge < -0.3 is 5.11 Å². The molecule has 0 saturated heterocycles. The molecule has 0 bridgehead atoms. The number of carbonyl (C=O) groups is 1. The maximum atomic E-state index is 12.2. The second kappa shape index (κ2) is 9.52. The van der Waals surface area contributed by atoms with Crippen LogP contribution < -0.4 is 5.48 Å².